The molecule has 2 rings (SSSR count). The van der Waals surface area contributed by atoms with E-state index in [2.05, 4.69) is 6.92 Å². The van der Waals surface area contributed by atoms with Crippen LogP contribution in [0.3, 0.4) is 0 Å². The number of rotatable bonds is 7. The number of carbonyl (C=O) groups is 1. The van der Waals surface area contributed by atoms with Gasteiger partial charge in [-0.2, -0.15) is 0 Å². The van der Waals surface area contributed by atoms with E-state index in [1.165, 1.54) is 0 Å². The summed E-state index contributed by atoms with van der Waals surface area (Å²) in [7, 11) is 0. The van der Waals surface area contributed by atoms with Crippen molar-refractivity contribution in [1.82, 2.24) is 0 Å². The first-order valence-corrected chi connectivity index (χ1v) is 7.69. The second kappa shape index (κ2) is 7.85. The van der Waals surface area contributed by atoms with Crippen LogP contribution in [-0.2, 0) is 17.6 Å². The molecule has 1 atom stereocenters. The van der Waals surface area contributed by atoms with E-state index < -0.39 is 12.1 Å². The van der Waals surface area contributed by atoms with Crippen LogP contribution < -0.4 is 4.74 Å². The normalized spacial score (nSPS) is 11.9. The van der Waals surface area contributed by atoms with Gasteiger partial charge in [-0.3, -0.25) is 0 Å². The minimum atomic E-state index is -0.971. The molecular weight excluding hydrogens is 300 g/mol. The van der Waals surface area contributed by atoms with Crippen molar-refractivity contribution >= 4 is 17.6 Å². The second-order valence-electron chi connectivity index (χ2n) is 5.14. The molecule has 22 heavy (non-hydrogen) atoms. The van der Waals surface area contributed by atoms with Crippen LogP contribution in [0.5, 0.6) is 5.75 Å². The highest BCUT2D eigenvalue weighted by molar-refractivity contribution is 6.30. The number of ether oxygens (including phenoxy) is 1. The molecule has 0 aromatic heterocycles. The van der Waals surface area contributed by atoms with Crippen LogP contribution in [0.2, 0.25) is 5.02 Å². The van der Waals surface area contributed by atoms with Gasteiger partial charge in [-0.05, 0) is 35.7 Å². The zero-order valence-electron chi connectivity index (χ0n) is 12.5. The van der Waals surface area contributed by atoms with Crippen molar-refractivity contribution in [3.8, 4) is 5.75 Å². The van der Waals surface area contributed by atoms with Crippen LogP contribution in [-0.4, -0.2) is 17.2 Å². The summed E-state index contributed by atoms with van der Waals surface area (Å²) in [5.41, 5.74) is 1.87. The third-order valence-electron chi connectivity index (χ3n) is 3.35. The van der Waals surface area contributed by atoms with Crippen LogP contribution in [0.25, 0.3) is 0 Å². The lowest BCUT2D eigenvalue weighted by atomic mass is 10.1. The minimum absolute atomic E-state index is 0.324. The Labute approximate surface area is 135 Å². The van der Waals surface area contributed by atoms with E-state index in [-0.39, 0.29) is 0 Å². The summed E-state index contributed by atoms with van der Waals surface area (Å²) in [6.45, 7) is 2.06. The van der Waals surface area contributed by atoms with E-state index in [0.29, 0.717) is 17.2 Å². The third-order valence-corrected chi connectivity index (χ3v) is 3.59. The van der Waals surface area contributed by atoms with E-state index in [9.17, 15) is 9.90 Å². The molecule has 0 bridgehead atoms. The Kier molecular flexibility index (Phi) is 5.84. The molecule has 0 spiro atoms. The van der Waals surface area contributed by atoms with Crippen LogP contribution in [0.4, 0.5) is 0 Å². The Morgan fingerprint density at radius 1 is 1.23 bits per heavy atom. The third kappa shape index (κ3) is 4.50. The number of carboxylic acid groups (broad SMARTS) is 1. The van der Waals surface area contributed by atoms with Gasteiger partial charge in [-0.15, -0.1) is 0 Å². The summed E-state index contributed by atoms with van der Waals surface area (Å²) in [4.78, 5) is 11.5. The van der Waals surface area contributed by atoms with E-state index in [1.807, 2.05) is 36.4 Å². The Morgan fingerprint density at radius 3 is 2.59 bits per heavy atom. The Bertz CT molecular complexity index is 625. The molecule has 0 aliphatic rings. The molecule has 116 valence electrons. The molecule has 2 aromatic rings. The number of halogens is 1. The smallest absolute Gasteiger partial charge is 0.345 e. The van der Waals surface area contributed by atoms with Gasteiger partial charge in [0.1, 0.15) is 5.75 Å². The number of carboxylic acids is 1. The molecule has 1 N–H and O–H groups in total. The van der Waals surface area contributed by atoms with Gasteiger partial charge >= 0.3 is 5.97 Å². The minimum Gasteiger partial charge on any atom is -0.478 e. The van der Waals surface area contributed by atoms with Crippen LogP contribution in [0, 0.1) is 0 Å². The van der Waals surface area contributed by atoms with Crippen molar-refractivity contribution in [2.24, 2.45) is 0 Å². The highest BCUT2D eigenvalue weighted by Gasteiger charge is 2.21. The summed E-state index contributed by atoms with van der Waals surface area (Å²) in [5.74, 6) is -0.379. The molecule has 0 amide bonds. The molecule has 0 aliphatic carbocycles. The zero-order valence-corrected chi connectivity index (χ0v) is 13.2. The lowest BCUT2D eigenvalue weighted by Crippen LogP contribution is -2.29. The highest BCUT2D eigenvalue weighted by atomic mass is 35.5. The van der Waals surface area contributed by atoms with Gasteiger partial charge in [0.2, 0.25) is 0 Å². The van der Waals surface area contributed by atoms with Gasteiger partial charge in [0.15, 0.2) is 6.10 Å². The van der Waals surface area contributed by atoms with Gasteiger partial charge < -0.3 is 9.84 Å². The first-order chi connectivity index (χ1) is 10.6. The average Bonchev–Trinajstić information content (AvgIpc) is 2.50. The Morgan fingerprint density at radius 2 is 1.95 bits per heavy atom. The summed E-state index contributed by atoms with van der Waals surface area (Å²) >= 11 is 6.01. The standard InChI is InChI=1S/C18H19ClO3/c1-2-6-14-12-15(19)9-10-16(14)22-17(18(20)21)11-13-7-4-3-5-8-13/h3-5,7-10,12,17H,2,6,11H2,1H3,(H,20,21). The number of aryl methyl sites for hydroxylation is 1. The maximum Gasteiger partial charge on any atom is 0.345 e. The predicted octanol–water partition coefficient (Wildman–Crippen LogP) is 4.37. The van der Waals surface area contributed by atoms with Gasteiger partial charge in [-0.25, -0.2) is 4.79 Å². The summed E-state index contributed by atoms with van der Waals surface area (Å²) < 4.78 is 5.76. The Balaban J connectivity index is 2.19. The molecular formula is C18H19ClO3. The van der Waals surface area contributed by atoms with E-state index in [4.69, 9.17) is 16.3 Å². The fourth-order valence-electron chi connectivity index (χ4n) is 2.29. The predicted molar refractivity (Wildman–Crippen MR) is 87.6 cm³/mol. The van der Waals surface area contributed by atoms with Crippen molar-refractivity contribution in [2.45, 2.75) is 32.3 Å². The van der Waals surface area contributed by atoms with Crippen molar-refractivity contribution in [3.63, 3.8) is 0 Å². The van der Waals surface area contributed by atoms with Crippen LogP contribution in [0.1, 0.15) is 24.5 Å². The van der Waals surface area contributed by atoms with Gasteiger partial charge in [0, 0.05) is 11.4 Å². The molecule has 0 aliphatic heterocycles. The number of benzene rings is 2. The van der Waals surface area contributed by atoms with Gasteiger partial charge in [0.25, 0.3) is 0 Å². The fraction of sp³-hybridized carbons (Fsp3) is 0.278. The molecule has 1 unspecified atom stereocenters. The van der Waals surface area contributed by atoms with Crippen LogP contribution in [0.15, 0.2) is 48.5 Å². The van der Waals surface area contributed by atoms with E-state index in [1.54, 1.807) is 12.1 Å². The second-order valence-corrected chi connectivity index (χ2v) is 5.57. The summed E-state index contributed by atoms with van der Waals surface area (Å²) in [5, 5.41) is 10.1. The molecule has 0 fully saturated rings. The maximum atomic E-state index is 11.5. The summed E-state index contributed by atoms with van der Waals surface area (Å²) in [6.07, 6.45) is 1.14. The average molecular weight is 319 g/mol. The lowest BCUT2D eigenvalue weighted by molar-refractivity contribution is -0.145. The number of aliphatic carboxylic acids is 1. The van der Waals surface area contributed by atoms with Crippen molar-refractivity contribution in [1.29, 1.82) is 0 Å². The zero-order chi connectivity index (χ0) is 15.9. The molecule has 3 nitrogen and oxygen atoms in total. The van der Waals surface area contributed by atoms with Crippen molar-refractivity contribution < 1.29 is 14.6 Å². The largest absolute Gasteiger partial charge is 0.478 e. The molecule has 2 aromatic carbocycles. The van der Waals surface area contributed by atoms with Gasteiger partial charge in [0.05, 0.1) is 0 Å². The van der Waals surface area contributed by atoms with Crippen molar-refractivity contribution in [2.75, 3.05) is 0 Å². The Hall–Kier alpha value is -2.00. The molecule has 0 saturated heterocycles. The molecule has 0 radical (unpaired) electrons. The molecule has 4 heteroatoms. The fourth-order valence-corrected chi connectivity index (χ4v) is 2.48. The first kappa shape index (κ1) is 16.4. The number of hydrogen-bond acceptors (Lipinski definition) is 2. The number of hydrogen-bond donors (Lipinski definition) is 1. The lowest BCUT2D eigenvalue weighted by Gasteiger charge is -2.18. The maximum absolute atomic E-state index is 11.5. The first-order valence-electron chi connectivity index (χ1n) is 7.32. The highest BCUT2D eigenvalue weighted by Crippen LogP contribution is 2.26. The molecule has 0 saturated carbocycles. The van der Waals surface area contributed by atoms with Crippen molar-refractivity contribution in [3.05, 3.63) is 64.7 Å². The van der Waals surface area contributed by atoms with Crippen LogP contribution >= 0.6 is 11.6 Å². The van der Waals surface area contributed by atoms with E-state index >= 15 is 0 Å². The summed E-state index contributed by atoms with van der Waals surface area (Å²) in [6, 6.07) is 14.8. The monoisotopic (exact) mass is 318 g/mol. The van der Waals surface area contributed by atoms with E-state index in [0.717, 1.165) is 24.0 Å². The topological polar surface area (TPSA) is 46.5 Å². The molecule has 0 heterocycles. The SMILES string of the molecule is CCCc1cc(Cl)ccc1OC(Cc1ccccc1)C(=O)O. The van der Waals surface area contributed by atoms with Gasteiger partial charge in [-0.1, -0.05) is 55.3 Å². The quantitative estimate of drug-likeness (QED) is 0.824.